The van der Waals surface area contributed by atoms with Crippen molar-refractivity contribution in [1.82, 2.24) is 10.2 Å². The van der Waals surface area contributed by atoms with E-state index >= 15 is 0 Å². The van der Waals surface area contributed by atoms with E-state index in [9.17, 15) is 4.39 Å². The molecule has 0 radical (unpaired) electrons. The van der Waals surface area contributed by atoms with E-state index < -0.39 is 0 Å². The van der Waals surface area contributed by atoms with Crippen molar-refractivity contribution in [3.05, 3.63) is 34.1 Å². The second kappa shape index (κ2) is 9.96. The summed E-state index contributed by atoms with van der Waals surface area (Å²) in [7, 11) is 0. The van der Waals surface area contributed by atoms with Crippen LogP contribution in [0.3, 0.4) is 0 Å². The van der Waals surface area contributed by atoms with Gasteiger partial charge in [-0.1, -0.05) is 19.4 Å². The molecule has 1 aromatic rings. The van der Waals surface area contributed by atoms with Crippen LogP contribution in [-0.4, -0.2) is 31.1 Å². The standard InChI is InChI=1S/C14H20BrFN2.2ClH/c1-2-3-14(18-8-6-17-7-9-18)11-4-5-12(15)13(16)10-11;;/h4-5,10,14,17H,2-3,6-9H2,1H3;2*1H/t14-;;/m0../s1. The topological polar surface area (TPSA) is 15.3 Å². The maximum absolute atomic E-state index is 13.7. The Morgan fingerprint density at radius 2 is 1.95 bits per heavy atom. The first-order valence-electron chi connectivity index (χ1n) is 6.62. The summed E-state index contributed by atoms with van der Waals surface area (Å²) in [6, 6.07) is 5.87. The fourth-order valence-electron chi connectivity index (χ4n) is 2.55. The van der Waals surface area contributed by atoms with Crippen molar-refractivity contribution in [3.63, 3.8) is 0 Å². The monoisotopic (exact) mass is 386 g/mol. The van der Waals surface area contributed by atoms with Crippen molar-refractivity contribution in [2.75, 3.05) is 26.2 Å². The lowest BCUT2D eigenvalue weighted by atomic mass is 10.00. The Hall–Kier alpha value is 0.130. The van der Waals surface area contributed by atoms with Crippen LogP contribution in [0.15, 0.2) is 22.7 Å². The first kappa shape index (κ1) is 20.1. The van der Waals surface area contributed by atoms with Crippen molar-refractivity contribution < 1.29 is 4.39 Å². The van der Waals surface area contributed by atoms with Gasteiger partial charge >= 0.3 is 0 Å². The van der Waals surface area contributed by atoms with Gasteiger partial charge in [0, 0.05) is 32.2 Å². The normalized spacial score (nSPS) is 16.9. The van der Waals surface area contributed by atoms with Gasteiger partial charge in [-0.25, -0.2) is 4.39 Å². The minimum atomic E-state index is -0.163. The number of nitrogens with one attached hydrogen (secondary N) is 1. The summed E-state index contributed by atoms with van der Waals surface area (Å²) in [4.78, 5) is 2.46. The number of benzene rings is 1. The molecule has 0 saturated carbocycles. The largest absolute Gasteiger partial charge is 0.314 e. The number of hydrogen-bond acceptors (Lipinski definition) is 2. The molecule has 0 spiro atoms. The lowest BCUT2D eigenvalue weighted by Gasteiger charge is -2.35. The van der Waals surface area contributed by atoms with Gasteiger partial charge in [-0.2, -0.15) is 0 Å². The zero-order valence-corrected chi connectivity index (χ0v) is 14.8. The quantitative estimate of drug-likeness (QED) is 0.833. The van der Waals surface area contributed by atoms with Crippen molar-refractivity contribution >= 4 is 40.7 Å². The fraction of sp³-hybridized carbons (Fsp3) is 0.571. The summed E-state index contributed by atoms with van der Waals surface area (Å²) < 4.78 is 14.2. The maximum Gasteiger partial charge on any atom is 0.137 e. The van der Waals surface area contributed by atoms with E-state index in [1.54, 1.807) is 6.07 Å². The highest BCUT2D eigenvalue weighted by Gasteiger charge is 2.21. The Bertz CT molecular complexity index is 401. The molecule has 1 N–H and O–H groups in total. The number of nitrogens with zero attached hydrogens (tertiary/aromatic N) is 1. The number of rotatable bonds is 4. The van der Waals surface area contributed by atoms with E-state index in [1.165, 1.54) is 0 Å². The average Bonchev–Trinajstić information content (AvgIpc) is 2.40. The van der Waals surface area contributed by atoms with Gasteiger partial charge in [0.2, 0.25) is 0 Å². The van der Waals surface area contributed by atoms with Crippen LogP contribution in [0.1, 0.15) is 31.4 Å². The molecule has 6 heteroatoms. The third kappa shape index (κ3) is 5.15. The van der Waals surface area contributed by atoms with Crippen LogP contribution in [0.5, 0.6) is 0 Å². The summed E-state index contributed by atoms with van der Waals surface area (Å²) in [5, 5.41) is 3.36. The summed E-state index contributed by atoms with van der Waals surface area (Å²) in [5.74, 6) is -0.163. The Balaban J connectivity index is 0.00000180. The van der Waals surface area contributed by atoms with Crippen molar-refractivity contribution in [2.24, 2.45) is 0 Å². The van der Waals surface area contributed by atoms with Crippen LogP contribution in [0.4, 0.5) is 4.39 Å². The molecule has 1 aromatic carbocycles. The minimum Gasteiger partial charge on any atom is -0.314 e. The highest BCUT2D eigenvalue weighted by Crippen LogP contribution is 2.28. The predicted octanol–water partition coefficient (Wildman–Crippen LogP) is 4.18. The molecule has 0 amide bonds. The Morgan fingerprint density at radius 3 is 2.50 bits per heavy atom. The molecular formula is C14H22BrCl2FN2. The number of piperazine rings is 1. The van der Waals surface area contributed by atoms with Crippen LogP contribution in [0.25, 0.3) is 0 Å². The SMILES string of the molecule is CCC[C@@H](c1ccc(Br)c(F)c1)N1CCNCC1.Cl.Cl. The van der Waals surface area contributed by atoms with E-state index in [-0.39, 0.29) is 30.6 Å². The van der Waals surface area contributed by atoms with Gasteiger partial charge < -0.3 is 5.32 Å². The first-order chi connectivity index (χ1) is 8.72. The first-order valence-corrected chi connectivity index (χ1v) is 7.41. The Kier molecular flexibility index (Phi) is 10.0. The second-order valence-corrected chi connectivity index (χ2v) is 5.62. The molecule has 2 rings (SSSR count). The summed E-state index contributed by atoms with van der Waals surface area (Å²) in [5.41, 5.74) is 1.10. The van der Waals surface area contributed by atoms with Crippen LogP contribution in [0, 0.1) is 5.82 Å². The molecule has 0 unspecified atom stereocenters. The molecule has 1 atom stereocenters. The van der Waals surface area contributed by atoms with Crippen LogP contribution in [-0.2, 0) is 0 Å². The molecule has 2 nitrogen and oxygen atoms in total. The summed E-state index contributed by atoms with van der Waals surface area (Å²) in [6.45, 7) is 6.33. The van der Waals surface area contributed by atoms with E-state index in [0.717, 1.165) is 44.6 Å². The summed E-state index contributed by atoms with van der Waals surface area (Å²) >= 11 is 3.21. The van der Waals surface area contributed by atoms with Gasteiger partial charge in [0.25, 0.3) is 0 Å². The van der Waals surface area contributed by atoms with Gasteiger partial charge in [0.1, 0.15) is 5.82 Å². The van der Waals surface area contributed by atoms with Crippen LogP contribution >= 0.6 is 40.7 Å². The zero-order chi connectivity index (χ0) is 13.0. The number of halogens is 4. The minimum absolute atomic E-state index is 0. The zero-order valence-electron chi connectivity index (χ0n) is 11.6. The van der Waals surface area contributed by atoms with Gasteiger partial charge in [0.05, 0.1) is 4.47 Å². The van der Waals surface area contributed by atoms with Crippen LogP contribution in [0.2, 0.25) is 0 Å². The molecule has 0 aliphatic carbocycles. The highest BCUT2D eigenvalue weighted by molar-refractivity contribution is 9.10. The smallest absolute Gasteiger partial charge is 0.137 e. The molecule has 0 bridgehead atoms. The molecule has 1 fully saturated rings. The predicted molar refractivity (Wildman–Crippen MR) is 90.7 cm³/mol. The third-order valence-corrected chi connectivity index (χ3v) is 4.13. The van der Waals surface area contributed by atoms with E-state index in [4.69, 9.17) is 0 Å². The van der Waals surface area contributed by atoms with Crippen molar-refractivity contribution in [3.8, 4) is 0 Å². The van der Waals surface area contributed by atoms with Crippen molar-refractivity contribution in [1.29, 1.82) is 0 Å². The second-order valence-electron chi connectivity index (χ2n) is 4.76. The van der Waals surface area contributed by atoms with E-state index in [1.807, 2.05) is 12.1 Å². The summed E-state index contributed by atoms with van der Waals surface area (Å²) in [6.07, 6.45) is 2.20. The lowest BCUT2D eigenvalue weighted by Crippen LogP contribution is -2.45. The van der Waals surface area contributed by atoms with Gasteiger partial charge in [-0.3, -0.25) is 4.90 Å². The Labute approximate surface area is 141 Å². The van der Waals surface area contributed by atoms with Gasteiger partial charge in [-0.05, 0) is 40.0 Å². The maximum atomic E-state index is 13.7. The molecule has 116 valence electrons. The lowest BCUT2D eigenvalue weighted by molar-refractivity contribution is 0.164. The molecular weight excluding hydrogens is 366 g/mol. The van der Waals surface area contributed by atoms with Crippen molar-refractivity contribution in [2.45, 2.75) is 25.8 Å². The van der Waals surface area contributed by atoms with E-state index in [2.05, 4.69) is 33.1 Å². The molecule has 1 aliphatic heterocycles. The van der Waals surface area contributed by atoms with Gasteiger partial charge in [0.15, 0.2) is 0 Å². The molecule has 1 heterocycles. The van der Waals surface area contributed by atoms with E-state index in [0.29, 0.717) is 10.5 Å². The number of hydrogen-bond donors (Lipinski definition) is 1. The molecule has 20 heavy (non-hydrogen) atoms. The molecule has 1 aliphatic rings. The van der Waals surface area contributed by atoms with Crippen LogP contribution < -0.4 is 5.32 Å². The fourth-order valence-corrected chi connectivity index (χ4v) is 2.79. The highest BCUT2D eigenvalue weighted by atomic mass is 79.9. The van der Waals surface area contributed by atoms with Gasteiger partial charge in [-0.15, -0.1) is 24.8 Å². The third-order valence-electron chi connectivity index (χ3n) is 3.48. The Morgan fingerprint density at radius 1 is 1.30 bits per heavy atom. The molecule has 1 saturated heterocycles. The average molecular weight is 388 g/mol. The molecule has 0 aromatic heterocycles.